The number of carboxylic acid groups (broad SMARTS) is 1. The minimum Gasteiger partial charge on any atom is -0.508 e. The highest BCUT2D eigenvalue weighted by atomic mass is 16.4. The standard InChI is InChI=1S/C22H33N5O7/c1-11(2)8-16(26-19(30)12(3)25-20(31)15(23)10-18(24)29)21(32)27-17(22(33)34)9-13-4-6-14(28)7-5-13/h4-7,11-12,15-17,28H,8-10,23H2,1-3H3,(H2,24,29)(H,25,31)(H,26,30)(H,27,32)(H,33,34). The monoisotopic (exact) mass is 479 g/mol. The van der Waals surface area contributed by atoms with E-state index >= 15 is 0 Å². The van der Waals surface area contributed by atoms with Crippen LogP contribution in [0.4, 0.5) is 0 Å². The number of phenols is 1. The number of rotatable bonds is 13. The Balaban J connectivity index is 2.85. The van der Waals surface area contributed by atoms with Crippen molar-refractivity contribution in [2.45, 2.75) is 64.2 Å². The fourth-order valence-electron chi connectivity index (χ4n) is 3.04. The number of carboxylic acids is 1. The molecule has 0 saturated heterocycles. The van der Waals surface area contributed by atoms with E-state index in [1.807, 2.05) is 13.8 Å². The van der Waals surface area contributed by atoms with E-state index in [2.05, 4.69) is 16.0 Å². The number of aliphatic carboxylic acids is 1. The van der Waals surface area contributed by atoms with Gasteiger partial charge >= 0.3 is 5.97 Å². The van der Waals surface area contributed by atoms with Gasteiger partial charge < -0.3 is 37.6 Å². The molecule has 0 bridgehead atoms. The van der Waals surface area contributed by atoms with Gasteiger partial charge in [-0.3, -0.25) is 19.2 Å². The summed E-state index contributed by atoms with van der Waals surface area (Å²) in [5.74, 6) is -4.18. The lowest BCUT2D eigenvalue weighted by molar-refractivity contribution is -0.142. The first-order valence-corrected chi connectivity index (χ1v) is 10.8. The first-order chi connectivity index (χ1) is 15.8. The maximum Gasteiger partial charge on any atom is 0.326 e. The third-order valence-corrected chi connectivity index (χ3v) is 4.84. The Hall–Kier alpha value is -3.67. The summed E-state index contributed by atoms with van der Waals surface area (Å²) in [6.45, 7) is 5.02. The summed E-state index contributed by atoms with van der Waals surface area (Å²) < 4.78 is 0. The van der Waals surface area contributed by atoms with Crippen LogP contribution >= 0.6 is 0 Å². The van der Waals surface area contributed by atoms with Gasteiger partial charge in [-0.25, -0.2) is 4.79 Å². The molecule has 0 spiro atoms. The molecule has 4 atom stereocenters. The summed E-state index contributed by atoms with van der Waals surface area (Å²) in [4.78, 5) is 60.1. The lowest BCUT2D eigenvalue weighted by atomic mass is 10.0. The summed E-state index contributed by atoms with van der Waals surface area (Å²) in [7, 11) is 0. The molecule has 0 fully saturated rings. The van der Waals surface area contributed by atoms with Gasteiger partial charge in [-0.05, 0) is 37.0 Å². The molecule has 12 heteroatoms. The zero-order chi connectivity index (χ0) is 26.0. The van der Waals surface area contributed by atoms with Crippen molar-refractivity contribution >= 4 is 29.6 Å². The Morgan fingerprint density at radius 2 is 1.44 bits per heavy atom. The van der Waals surface area contributed by atoms with Gasteiger partial charge in [0.1, 0.15) is 23.9 Å². The molecule has 4 unspecified atom stereocenters. The fraction of sp³-hybridized carbons (Fsp3) is 0.500. The van der Waals surface area contributed by atoms with Crippen LogP contribution in [-0.2, 0) is 30.4 Å². The molecule has 188 valence electrons. The van der Waals surface area contributed by atoms with E-state index in [1.54, 1.807) is 0 Å². The lowest BCUT2D eigenvalue weighted by Crippen LogP contribution is -2.57. The molecule has 0 heterocycles. The van der Waals surface area contributed by atoms with Crippen LogP contribution in [-0.4, -0.2) is 64.0 Å². The molecule has 1 rings (SSSR count). The van der Waals surface area contributed by atoms with Gasteiger partial charge in [-0.2, -0.15) is 0 Å². The maximum absolute atomic E-state index is 12.9. The normalized spacial score (nSPS) is 14.4. The van der Waals surface area contributed by atoms with Crippen molar-refractivity contribution in [2.24, 2.45) is 17.4 Å². The summed E-state index contributed by atoms with van der Waals surface area (Å²) in [6.07, 6.45) is -0.213. The second kappa shape index (κ2) is 13.1. The van der Waals surface area contributed by atoms with Crippen molar-refractivity contribution in [2.75, 3.05) is 0 Å². The number of nitrogens with two attached hydrogens (primary N) is 2. The van der Waals surface area contributed by atoms with Gasteiger partial charge in [-0.15, -0.1) is 0 Å². The van der Waals surface area contributed by atoms with Crippen LogP contribution in [0, 0.1) is 5.92 Å². The van der Waals surface area contributed by atoms with Crippen molar-refractivity contribution in [3.05, 3.63) is 29.8 Å². The van der Waals surface area contributed by atoms with Gasteiger partial charge in [0.05, 0.1) is 12.5 Å². The van der Waals surface area contributed by atoms with Crippen LogP contribution in [0.1, 0.15) is 39.2 Å². The number of primary amides is 1. The molecule has 0 radical (unpaired) electrons. The van der Waals surface area contributed by atoms with Gasteiger partial charge in [0.15, 0.2) is 0 Å². The largest absolute Gasteiger partial charge is 0.508 e. The number of carbonyl (C=O) groups is 5. The third kappa shape index (κ3) is 9.86. The Labute approximate surface area is 197 Å². The molecular formula is C22H33N5O7. The highest BCUT2D eigenvalue weighted by Crippen LogP contribution is 2.12. The molecule has 0 aromatic heterocycles. The Morgan fingerprint density at radius 3 is 1.94 bits per heavy atom. The van der Waals surface area contributed by atoms with Crippen molar-refractivity contribution in [3.8, 4) is 5.75 Å². The van der Waals surface area contributed by atoms with Crippen LogP contribution in [0.25, 0.3) is 0 Å². The molecule has 9 N–H and O–H groups in total. The first kappa shape index (κ1) is 28.4. The number of hydrogen-bond acceptors (Lipinski definition) is 7. The highest BCUT2D eigenvalue weighted by molar-refractivity contribution is 5.94. The number of hydrogen-bond donors (Lipinski definition) is 7. The van der Waals surface area contributed by atoms with Crippen molar-refractivity contribution in [1.82, 2.24) is 16.0 Å². The number of benzene rings is 1. The second-order valence-corrected chi connectivity index (χ2v) is 8.47. The zero-order valence-electron chi connectivity index (χ0n) is 19.4. The van der Waals surface area contributed by atoms with E-state index in [1.165, 1.54) is 31.2 Å². The summed E-state index contributed by atoms with van der Waals surface area (Å²) in [6, 6.07) is 1.25. The van der Waals surface area contributed by atoms with E-state index in [-0.39, 0.29) is 24.5 Å². The minimum absolute atomic E-state index is 0.0229. The predicted octanol–water partition coefficient (Wildman–Crippen LogP) is -1.26. The number of nitrogens with one attached hydrogen (secondary N) is 3. The van der Waals surface area contributed by atoms with Gasteiger partial charge in [0, 0.05) is 6.42 Å². The topological polar surface area (TPSA) is 214 Å². The summed E-state index contributed by atoms with van der Waals surface area (Å²) in [5, 5.41) is 26.2. The number of amides is 4. The zero-order valence-corrected chi connectivity index (χ0v) is 19.4. The Bertz CT molecular complexity index is 888. The first-order valence-electron chi connectivity index (χ1n) is 10.8. The fourth-order valence-corrected chi connectivity index (χ4v) is 3.04. The second-order valence-electron chi connectivity index (χ2n) is 8.47. The smallest absolute Gasteiger partial charge is 0.326 e. The molecular weight excluding hydrogens is 446 g/mol. The molecule has 0 aliphatic rings. The van der Waals surface area contributed by atoms with E-state index in [9.17, 15) is 34.2 Å². The average Bonchev–Trinajstić information content (AvgIpc) is 2.73. The Morgan fingerprint density at radius 1 is 0.882 bits per heavy atom. The van der Waals surface area contributed by atoms with Crippen molar-refractivity contribution < 1.29 is 34.2 Å². The molecule has 12 nitrogen and oxygen atoms in total. The van der Waals surface area contributed by atoms with E-state index in [0.29, 0.717) is 5.56 Å². The molecule has 0 aliphatic carbocycles. The number of phenolic OH excluding ortho intramolecular Hbond substituents is 1. The van der Waals surface area contributed by atoms with Crippen LogP contribution < -0.4 is 27.4 Å². The van der Waals surface area contributed by atoms with Crippen LogP contribution in [0.5, 0.6) is 5.75 Å². The maximum atomic E-state index is 12.9. The van der Waals surface area contributed by atoms with Crippen molar-refractivity contribution in [1.29, 1.82) is 0 Å². The molecule has 34 heavy (non-hydrogen) atoms. The van der Waals surface area contributed by atoms with Gasteiger partial charge in [0.2, 0.25) is 23.6 Å². The lowest BCUT2D eigenvalue weighted by Gasteiger charge is -2.25. The van der Waals surface area contributed by atoms with E-state index < -0.39 is 60.2 Å². The van der Waals surface area contributed by atoms with Gasteiger partial charge in [-0.1, -0.05) is 26.0 Å². The van der Waals surface area contributed by atoms with E-state index in [4.69, 9.17) is 11.5 Å². The number of aromatic hydroxyl groups is 1. The van der Waals surface area contributed by atoms with E-state index in [0.717, 1.165) is 0 Å². The molecule has 4 amide bonds. The molecule has 0 aliphatic heterocycles. The quantitative estimate of drug-likeness (QED) is 0.181. The summed E-state index contributed by atoms with van der Waals surface area (Å²) >= 11 is 0. The van der Waals surface area contributed by atoms with Gasteiger partial charge in [0.25, 0.3) is 0 Å². The third-order valence-electron chi connectivity index (χ3n) is 4.84. The predicted molar refractivity (Wildman–Crippen MR) is 122 cm³/mol. The SMILES string of the molecule is CC(C)CC(NC(=O)C(C)NC(=O)C(N)CC(N)=O)C(=O)NC(Cc1ccc(O)cc1)C(=O)O. The highest BCUT2D eigenvalue weighted by Gasteiger charge is 2.29. The van der Waals surface area contributed by atoms with Crippen LogP contribution in [0.15, 0.2) is 24.3 Å². The minimum atomic E-state index is -1.27. The van der Waals surface area contributed by atoms with Crippen LogP contribution in [0.3, 0.4) is 0 Å². The number of carbonyl (C=O) groups excluding carboxylic acids is 4. The Kier molecular flexibility index (Phi) is 11.0. The molecule has 0 saturated carbocycles. The van der Waals surface area contributed by atoms with Crippen LogP contribution in [0.2, 0.25) is 0 Å². The summed E-state index contributed by atoms with van der Waals surface area (Å²) in [5.41, 5.74) is 11.1. The average molecular weight is 480 g/mol. The van der Waals surface area contributed by atoms with Crippen molar-refractivity contribution in [3.63, 3.8) is 0 Å². The molecule has 1 aromatic carbocycles. The molecule has 1 aromatic rings.